The first-order valence-corrected chi connectivity index (χ1v) is 6.84. The average molecular weight is 245 g/mol. The molecule has 1 aliphatic heterocycles. The minimum atomic E-state index is 0.183. The van der Waals surface area contributed by atoms with E-state index in [0.29, 0.717) is 6.10 Å². The van der Waals surface area contributed by atoms with Gasteiger partial charge in [-0.25, -0.2) is 0 Å². The van der Waals surface area contributed by atoms with Gasteiger partial charge in [-0.15, -0.1) is 0 Å². The van der Waals surface area contributed by atoms with Gasteiger partial charge >= 0.3 is 0 Å². The van der Waals surface area contributed by atoms with Gasteiger partial charge < -0.3 is 10.1 Å². The number of carbonyl (C=O) groups excluding carboxylic acids is 1. The Kier molecular flexibility index (Phi) is 3.33. The van der Waals surface area contributed by atoms with Crippen molar-refractivity contribution in [2.24, 2.45) is 5.92 Å². The summed E-state index contributed by atoms with van der Waals surface area (Å²) in [6.45, 7) is 1.91. The standard InChI is InChI=1S/C15H19NO2/c17-15(11-6-8-16-9-7-11)12-2-1-3-14(10-12)18-13-4-5-13/h1-3,10-11,13,16H,4-9H2. The average Bonchev–Trinajstić information content (AvgIpc) is 3.23. The lowest BCUT2D eigenvalue weighted by molar-refractivity contribution is 0.0894. The summed E-state index contributed by atoms with van der Waals surface area (Å²) in [6, 6.07) is 7.68. The first-order valence-electron chi connectivity index (χ1n) is 6.84. The van der Waals surface area contributed by atoms with Crippen LogP contribution in [0.4, 0.5) is 0 Å². The third-order valence-electron chi connectivity index (χ3n) is 3.66. The molecule has 3 rings (SSSR count). The smallest absolute Gasteiger partial charge is 0.166 e. The molecule has 1 heterocycles. The molecule has 1 saturated carbocycles. The molecule has 1 aromatic carbocycles. The van der Waals surface area contributed by atoms with Crippen LogP contribution in [0.1, 0.15) is 36.0 Å². The number of ketones is 1. The monoisotopic (exact) mass is 245 g/mol. The third-order valence-corrected chi connectivity index (χ3v) is 3.66. The molecule has 2 fully saturated rings. The van der Waals surface area contributed by atoms with Gasteiger partial charge in [0.25, 0.3) is 0 Å². The second kappa shape index (κ2) is 5.11. The molecule has 1 aliphatic carbocycles. The molecule has 0 spiro atoms. The third kappa shape index (κ3) is 2.72. The van der Waals surface area contributed by atoms with Gasteiger partial charge in [0.1, 0.15) is 5.75 Å². The lowest BCUT2D eigenvalue weighted by Gasteiger charge is -2.21. The zero-order valence-corrected chi connectivity index (χ0v) is 10.5. The molecular formula is C15H19NO2. The predicted molar refractivity (Wildman–Crippen MR) is 70.0 cm³/mol. The zero-order chi connectivity index (χ0) is 12.4. The number of ether oxygens (including phenoxy) is 1. The SMILES string of the molecule is O=C(c1cccc(OC2CC2)c1)C1CCNCC1. The molecule has 1 aromatic rings. The van der Waals surface area contributed by atoms with E-state index >= 15 is 0 Å². The van der Waals surface area contributed by atoms with Gasteiger partial charge in [0.05, 0.1) is 6.10 Å². The van der Waals surface area contributed by atoms with Gasteiger partial charge in [-0.3, -0.25) is 4.79 Å². The minimum absolute atomic E-state index is 0.183. The highest BCUT2D eigenvalue weighted by Crippen LogP contribution is 2.28. The van der Waals surface area contributed by atoms with E-state index in [2.05, 4.69) is 5.32 Å². The van der Waals surface area contributed by atoms with Crippen LogP contribution < -0.4 is 10.1 Å². The lowest BCUT2D eigenvalue weighted by Crippen LogP contribution is -2.31. The first-order chi connectivity index (χ1) is 8.83. The summed E-state index contributed by atoms with van der Waals surface area (Å²) >= 11 is 0. The Hall–Kier alpha value is -1.35. The molecule has 1 N–H and O–H groups in total. The van der Waals surface area contributed by atoms with Crippen molar-refractivity contribution in [3.63, 3.8) is 0 Å². The van der Waals surface area contributed by atoms with Crippen molar-refractivity contribution < 1.29 is 9.53 Å². The van der Waals surface area contributed by atoms with Gasteiger partial charge in [0, 0.05) is 11.5 Å². The highest BCUT2D eigenvalue weighted by Gasteiger charge is 2.25. The van der Waals surface area contributed by atoms with Crippen molar-refractivity contribution in [3.8, 4) is 5.75 Å². The van der Waals surface area contributed by atoms with Crippen molar-refractivity contribution in [3.05, 3.63) is 29.8 Å². The van der Waals surface area contributed by atoms with Gasteiger partial charge in [-0.2, -0.15) is 0 Å². The lowest BCUT2D eigenvalue weighted by atomic mass is 9.89. The molecule has 0 amide bonds. The van der Waals surface area contributed by atoms with Crippen LogP contribution in [-0.4, -0.2) is 25.0 Å². The van der Waals surface area contributed by atoms with Crippen molar-refractivity contribution in [2.75, 3.05) is 13.1 Å². The number of benzene rings is 1. The molecular weight excluding hydrogens is 226 g/mol. The normalized spacial score (nSPS) is 20.7. The van der Waals surface area contributed by atoms with E-state index in [4.69, 9.17) is 4.74 Å². The Balaban J connectivity index is 1.71. The minimum Gasteiger partial charge on any atom is -0.490 e. The number of nitrogens with one attached hydrogen (secondary N) is 1. The Morgan fingerprint density at radius 3 is 2.67 bits per heavy atom. The maximum atomic E-state index is 12.4. The molecule has 0 unspecified atom stereocenters. The van der Waals surface area contributed by atoms with E-state index in [-0.39, 0.29) is 11.7 Å². The molecule has 1 saturated heterocycles. The number of hydrogen-bond acceptors (Lipinski definition) is 3. The fraction of sp³-hybridized carbons (Fsp3) is 0.533. The second-order valence-electron chi connectivity index (χ2n) is 5.23. The molecule has 3 nitrogen and oxygen atoms in total. The summed E-state index contributed by atoms with van der Waals surface area (Å²) in [4.78, 5) is 12.4. The van der Waals surface area contributed by atoms with E-state index in [1.54, 1.807) is 0 Å². The van der Waals surface area contributed by atoms with E-state index in [9.17, 15) is 4.79 Å². The summed E-state index contributed by atoms with van der Waals surface area (Å²) < 4.78 is 5.74. The summed E-state index contributed by atoms with van der Waals surface area (Å²) in [5, 5.41) is 3.29. The predicted octanol–water partition coefficient (Wildman–Crippen LogP) is 2.41. The van der Waals surface area contributed by atoms with Crippen molar-refractivity contribution in [1.29, 1.82) is 0 Å². The number of Topliss-reactive ketones (excluding diaryl/α,β-unsaturated/α-hetero) is 1. The Bertz CT molecular complexity index is 434. The van der Waals surface area contributed by atoms with Crippen LogP contribution >= 0.6 is 0 Å². The van der Waals surface area contributed by atoms with Crippen LogP contribution in [0.25, 0.3) is 0 Å². The van der Waals surface area contributed by atoms with Crippen LogP contribution in [0.3, 0.4) is 0 Å². The number of piperidine rings is 1. The van der Waals surface area contributed by atoms with Gasteiger partial charge in [0.2, 0.25) is 0 Å². The molecule has 0 radical (unpaired) electrons. The van der Waals surface area contributed by atoms with E-state index in [1.807, 2.05) is 24.3 Å². The van der Waals surface area contributed by atoms with Crippen LogP contribution in [0, 0.1) is 5.92 Å². The Labute approximate surface area is 108 Å². The molecule has 0 atom stereocenters. The Morgan fingerprint density at radius 1 is 1.17 bits per heavy atom. The molecule has 96 valence electrons. The summed E-state index contributed by atoms with van der Waals surface area (Å²) in [5.41, 5.74) is 0.806. The number of carbonyl (C=O) groups is 1. The summed E-state index contributed by atoms with van der Waals surface area (Å²) in [6.07, 6.45) is 4.58. The van der Waals surface area contributed by atoms with Crippen LogP contribution in [0.15, 0.2) is 24.3 Å². The van der Waals surface area contributed by atoms with E-state index in [0.717, 1.165) is 50.1 Å². The fourth-order valence-corrected chi connectivity index (χ4v) is 2.42. The largest absolute Gasteiger partial charge is 0.490 e. The first kappa shape index (κ1) is 11.7. The van der Waals surface area contributed by atoms with E-state index < -0.39 is 0 Å². The van der Waals surface area contributed by atoms with Gasteiger partial charge in [0.15, 0.2) is 5.78 Å². The molecule has 18 heavy (non-hydrogen) atoms. The Morgan fingerprint density at radius 2 is 1.94 bits per heavy atom. The van der Waals surface area contributed by atoms with Crippen LogP contribution in [0.2, 0.25) is 0 Å². The fourth-order valence-electron chi connectivity index (χ4n) is 2.42. The zero-order valence-electron chi connectivity index (χ0n) is 10.5. The van der Waals surface area contributed by atoms with E-state index in [1.165, 1.54) is 0 Å². The summed E-state index contributed by atoms with van der Waals surface area (Å²) in [7, 11) is 0. The maximum Gasteiger partial charge on any atom is 0.166 e. The molecule has 2 aliphatic rings. The van der Waals surface area contributed by atoms with Gasteiger partial charge in [-0.05, 0) is 50.9 Å². The van der Waals surface area contributed by atoms with Gasteiger partial charge in [-0.1, -0.05) is 12.1 Å². The second-order valence-corrected chi connectivity index (χ2v) is 5.23. The van der Waals surface area contributed by atoms with Crippen molar-refractivity contribution in [2.45, 2.75) is 31.8 Å². The topological polar surface area (TPSA) is 38.3 Å². The van der Waals surface area contributed by atoms with Crippen LogP contribution in [-0.2, 0) is 0 Å². The quantitative estimate of drug-likeness (QED) is 0.828. The molecule has 3 heteroatoms. The number of rotatable bonds is 4. The van der Waals surface area contributed by atoms with Crippen molar-refractivity contribution >= 4 is 5.78 Å². The number of hydrogen-bond donors (Lipinski definition) is 1. The molecule has 0 aromatic heterocycles. The highest BCUT2D eigenvalue weighted by atomic mass is 16.5. The summed E-state index contributed by atoms with van der Waals surface area (Å²) in [5.74, 6) is 1.30. The maximum absolute atomic E-state index is 12.4. The van der Waals surface area contributed by atoms with Crippen LogP contribution in [0.5, 0.6) is 5.75 Å². The van der Waals surface area contributed by atoms with Crippen molar-refractivity contribution in [1.82, 2.24) is 5.32 Å². The highest BCUT2D eigenvalue weighted by molar-refractivity contribution is 5.98. The molecule has 0 bridgehead atoms.